The van der Waals surface area contributed by atoms with E-state index >= 15 is 0 Å². The first-order valence-electron chi connectivity index (χ1n) is 4.43. The van der Waals surface area contributed by atoms with Gasteiger partial charge in [0.2, 0.25) is 0 Å². The zero-order valence-electron chi connectivity index (χ0n) is 8.46. The fraction of sp³-hybridized carbons (Fsp3) is 0.200. The lowest BCUT2D eigenvalue weighted by molar-refractivity contribution is -0.385. The Morgan fingerprint density at radius 1 is 1.53 bits per heavy atom. The van der Waals surface area contributed by atoms with Crippen molar-refractivity contribution in [2.24, 2.45) is 0 Å². The van der Waals surface area contributed by atoms with E-state index in [1.54, 1.807) is 12.1 Å². The van der Waals surface area contributed by atoms with Crippen molar-refractivity contribution in [3.05, 3.63) is 33.9 Å². The number of nitro groups is 1. The highest BCUT2D eigenvalue weighted by molar-refractivity contribution is 6.22. The van der Waals surface area contributed by atoms with Gasteiger partial charge in [0.05, 0.1) is 22.6 Å². The number of ether oxygens (including phenoxy) is 1. The maximum Gasteiger partial charge on any atom is 0.312 e. The Morgan fingerprint density at radius 2 is 2.24 bits per heavy atom. The number of nitro benzene ring substituents is 1. The van der Waals surface area contributed by atoms with Crippen molar-refractivity contribution >= 4 is 17.3 Å². The summed E-state index contributed by atoms with van der Waals surface area (Å²) in [6.45, 7) is -0.162. The van der Waals surface area contributed by atoms with E-state index in [1.807, 2.05) is 0 Å². The summed E-state index contributed by atoms with van der Waals surface area (Å²) in [5, 5.41) is 26.9. The molecule has 17 heavy (non-hydrogen) atoms. The molecule has 0 saturated carbocycles. The summed E-state index contributed by atoms with van der Waals surface area (Å²) in [6, 6.07) is 7.30. The number of halogens is 1. The van der Waals surface area contributed by atoms with Crippen LogP contribution in [-0.2, 0) is 0 Å². The van der Waals surface area contributed by atoms with Gasteiger partial charge in [0.1, 0.15) is 6.61 Å². The summed E-state index contributed by atoms with van der Waals surface area (Å²) in [6.07, 6.45) is 0. The molecule has 0 fully saturated rings. The van der Waals surface area contributed by atoms with Crippen LogP contribution in [-0.4, -0.2) is 16.9 Å². The molecule has 0 aliphatic heterocycles. The lowest BCUT2D eigenvalue weighted by Gasteiger charge is -2.06. The minimum atomic E-state index is -0.884. The third-order valence-electron chi connectivity index (χ3n) is 1.81. The van der Waals surface area contributed by atoms with E-state index in [9.17, 15) is 10.1 Å². The lowest BCUT2D eigenvalue weighted by atomic mass is 10.2. The van der Waals surface area contributed by atoms with E-state index in [4.69, 9.17) is 26.9 Å². The summed E-state index contributed by atoms with van der Waals surface area (Å²) >= 11 is 5.50. The summed E-state index contributed by atoms with van der Waals surface area (Å²) in [4.78, 5) is 10.1. The molecule has 0 N–H and O–H groups in total. The second kappa shape index (κ2) is 5.69. The molecule has 0 bridgehead atoms. The molecule has 1 aromatic carbocycles. The molecule has 0 saturated heterocycles. The summed E-state index contributed by atoms with van der Waals surface area (Å²) < 4.78 is 5.05. The van der Waals surface area contributed by atoms with E-state index in [1.165, 1.54) is 12.1 Å². The maximum absolute atomic E-state index is 10.7. The van der Waals surface area contributed by atoms with Gasteiger partial charge in [-0.15, -0.1) is 11.6 Å². The smallest absolute Gasteiger partial charge is 0.312 e. The maximum atomic E-state index is 10.7. The van der Waals surface area contributed by atoms with Crippen molar-refractivity contribution in [2.75, 3.05) is 6.61 Å². The van der Waals surface area contributed by atoms with Crippen molar-refractivity contribution in [1.82, 2.24) is 0 Å². The number of alkyl halides is 1. The monoisotopic (exact) mass is 251 g/mol. The first kappa shape index (κ1) is 12.8. The van der Waals surface area contributed by atoms with Crippen LogP contribution < -0.4 is 4.74 Å². The second-order valence-electron chi connectivity index (χ2n) is 2.96. The van der Waals surface area contributed by atoms with Crippen LogP contribution in [0.5, 0.6) is 5.75 Å². The third-order valence-corrected chi connectivity index (χ3v) is 2.03. The number of nitriles is 2. The largest absolute Gasteiger partial charge is 0.484 e. The minimum Gasteiger partial charge on any atom is -0.484 e. The van der Waals surface area contributed by atoms with Crippen molar-refractivity contribution < 1.29 is 9.66 Å². The number of hydrogen-bond acceptors (Lipinski definition) is 5. The average Bonchev–Trinajstić information content (AvgIpc) is 2.35. The zero-order chi connectivity index (χ0) is 12.8. The number of benzene rings is 1. The summed E-state index contributed by atoms with van der Waals surface area (Å²) in [7, 11) is 0. The Morgan fingerprint density at radius 3 is 2.76 bits per heavy atom. The highest BCUT2D eigenvalue weighted by Gasteiger charge is 2.17. The molecule has 0 spiro atoms. The Balaban J connectivity index is 2.96. The van der Waals surface area contributed by atoms with Gasteiger partial charge >= 0.3 is 5.69 Å². The predicted molar refractivity (Wildman–Crippen MR) is 58.6 cm³/mol. The topological polar surface area (TPSA) is 99.9 Å². The van der Waals surface area contributed by atoms with Crippen molar-refractivity contribution in [2.45, 2.75) is 5.38 Å². The van der Waals surface area contributed by atoms with Gasteiger partial charge in [0, 0.05) is 6.07 Å². The molecule has 0 aliphatic rings. The molecule has 0 amide bonds. The fourth-order valence-corrected chi connectivity index (χ4v) is 1.11. The molecule has 0 aliphatic carbocycles. The highest BCUT2D eigenvalue weighted by Crippen LogP contribution is 2.27. The van der Waals surface area contributed by atoms with Gasteiger partial charge in [0.15, 0.2) is 11.1 Å². The van der Waals surface area contributed by atoms with Gasteiger partial charge in [-0.05, 0) is 12.1 Å². The van der Waals surface area contributed by atoms with Gasteiger partial charge in [-0.3, -0.25) is 10.1 Å². The van der Waals surface area contributed by atoms with Crippen LogP contribution in [0.2, 0.25) is 0 Å². The molecule has 1 aromatic rings. The molecule has 1 rings (SSSR count). The standard InChI is InChI=1S/C10H6ClN3O3/c11-8(5-13)6-17-10-2-1-7(4-12)3-9(10)14(15)16/h1-3,8H,6H2. The Bertz CT molecular complexity index is 519. The van der Waals surface area contributed by atoms with Gasteiger partial charge in [0.25, 0.3) is 0 Å². The van der Waals surface area contributed by atoms with Crippen molar-refractivity contribution in [3.63, 3.8) is 0 Å². The normalized spacial score (nSPS) is 11.0. The van der Waals surface area contributed by atoms with E-state index < -0.39 is 10.3 Å². The fourth-order valence-electron chi connectivity index (χ4n) is 1.05. The highest BCUT2D eigenvalue weighted by atomic mass is 35.5. The molecule has 86 valence electrons. The first-order chi connectivity index (χ1) is 8.08. The molecule has 0 heterocycles. The second-order valence-corrected chi connectivity index (χ2v) is 3.49. The molecule has 7 heteroatoms. The van der Waals surface area contributed by atoms with Crippen LogP contribution >= 0.6 is 11.6 Å². The summed E-state index contributed by atoms with van der Waals surface area (Å²) in [5.74, 6) is -0.0186. The number of nitrogens with zero attached hydrogens (tertiary/aromatic N) is 3. The van der Waals surface area contributed by atoms with Crippen LogP contribution in [0, 0.1) is 32.8 Å². The predicted octanol–water partition coefficient (Wildman–Crippen LogP) is 1.98. The Kier molecular flexibility index (Phi) is 4.27. The molecular weight excluding hydrogens is 246 g/mol. The first-order valence-corrected chi connectivity index (χ1v) is 4.87. The third kappa shape index (κ3) is 3.33. The van der Waals surface area contributed by atoms with Crippen molar-refractivity contribution in [3.8, 4) is 17.9 Å². The van der Waals surface area contributed by atoms with Gasteiger partial charge < -0.3 is 4.74 Å². The van der Waals surface area contributed by atoms with Crippen LogP contribution in [0.3, 0.4) is 0 Å². The van der Waals surface area contributed by atoms with Gasteiger partial charge in [-0.2, -0.15) is 10.5 Å². The molecule has 1 atom stereocenters. The van der Waals surface area contributed by atoms with E-state index in [2.05, 4.69) is 0 Å². The van der Waals surface area contributed by atoms with E-state index in [0.29, 0.717) is 0 Å². The van der Waals surface area contributed by atoms with Crippen LogP contribution in [0.1, 0.15) is 5.56 Å². The molecular formula is C10H6ClN3O3. The molecule has 0 radical (unpaired) electrons. The number of hydrogen-bond donors (Lipinski definition) is 0. The number of rotatable bonds is 4. The van der Waals surface area contributed by atoms with Gasteiger partial charge in [-0.1, -0.05) is 0 Å². The Labute approximate surface area is 102 Å². The SMILES string of the molecule is N#Cc1ccc(OCC(Cl)C#N)c([N+](=O)[O-])c1. The van der Waals surface area contributed by atoms with Crippen LogP contribution in [0.25, 0.3) is 0 Å². The van der Waals surface area contributed by atoms with E-state index in [-0.39, 0.29) is 23.6 Å². The van der Waals surface area contributed by atoms with Crippen LogP contribution in [0.15, 0.2) is 18.2 Å². The minimum absolute atomic E-state index is 0.0186. The quantitative estimate of drug-likeness (QED) is 0.463. The van der Waals surface area contributed by atoms with Crippen molar-refractivity contribution in [1.29, 1.82) is 10.5 Å². The molecule has 1 unspecified atom stereocenters. The van der Waals surface area contributed by atoms with Gasteiger partial charge in [-0.25, -0.2) is 0 Å². The Hall–Kier alpha value is -2.31. The summed E-state index contributed by atoms with van der Waals surface area (Å²) in [5.41, 5.74) is -0.169. The van der Waals surface area contributed by atoms with Crippen LogP contribution in [0.4, 0.5) is 5.69 Å². The molecule has 6 nitrogen and oxygen atoms in total. The van der Waals surface area contributed by atoms with E-state index in [0.717, 1.165) is 6.07 Å². The lowest BCUT2D eigenvalue weighted by Crippen LogP contribution is -2.10. The molecule has 0 aromatic heterocycles. The average molecular weight is 252 g/mol. The zero-order valence-corrected chi connectivity index (χ0v) is 9.22.